The van der Waals surface area contributed by atoms with E-state index in [2.05, 4.69) is 19.9 Å². The Balaban J connectivity index is 0.00000961. The molecule has 0 spiro atoms. The first-order chi connectivity index (χ1) is 39.7. The number of allylic oxidation sites excluding steroid dienone is 2. The summed E-state index contributed by atoms with van der Waals surface area (Å²) in [5.74, 6) is -1.04. The molecule has 0 aromatic heterocycles. The van der Waals surface area contributed by atoms with Gasteiger partial charge in [0.15, 0.2) is 37.2 Å². The van der Waals surface area contributed by atoms with Gasteiger partial charge < -0.3 is 113 Å². The minimum atomic E-state index is -5.12. The van der Waals surface area contributed by atoms with Crippen molar-refractivity contribution in [3.63, 3.8) is 0 Å². The Bertz CT molecular complexity index is 2430. The normalized spacial score (nSPS) is 50.7. The van der Waals surface area contributed by atoms with Gasteiger partial charge in [0.05, 0.1) is 43.2 Å². The molecule has 0 aromatic rings. The summed E-state index contributed by atoms with van der Waals surface area (Å²) in [7, 11) is -3.88. The number of hydrogen-bond acceptors (Lipinski definition) is 27. The molecule has 9 rings (SSSR count). The fourth-order valence-electron chi connectivity index (χ4n) is 15.7. The third-order valence-corrected chi connectivity index (χ3v) is 21.3. The molecule has 9 aliphatic rings. The fourth-order valence-corrected chi connectivity index (χ4v) is 16.2. The molecule has 0 amide bonds. The Morgan fingerprint density at radius 1 is 0.651 bits per heavy atom. The third kappa shape index (κ3) is 14.0. The van der Waals surface area contributed by atoms with Gasteiger partial charge in [-0.25, -0.2) is 8.42 Å². The Labute approximate surface area is 524 Å². The molecule has 0 bridgehead atoms. The van der Waals surface area contributed by atoms with E-state index >= 15 is 0 Å². The average Bonchev–Trinajstić information content (AvgIpc) is 1.32. The van der Waals surface area contributed by atoms with Crippen molar-refractivity contribution in [2.24, 2.45) is 40.4 Å². The van der Waals surface area contributed by atoms with Crippen molar-refractivity contribution in [3.05, 3.63) is 11.6 Å². The first kappa shape index (κ1) is 71.3. The minimum absolute atomic E-state index is 0. The van der Waals surface area contributed by atoms with Crippen LogP contribution in [0.25, 0.3) is 0 Å². The molecule has 86 heavy (non-hydrogen) atoms. The van der Waals surface area contributed by atoms with Crippen LogP contribution in [0.15, 0.2) is 11.6 Å². The molecule has 0 unspecified atom stereocenters. The van der Waals surface area contributed by atoms with Gasteiger partial charge in [-0.05, 0) is 120 Å². The van der Waals surface area contributed by atoms with Crippen LogP contribution in [-0.2, 0) is 71.5 Å². The molecular weight excluding hydrogens is 1170 g/mol. The second-order valence-corrected chi connectivity index (χ2v) is 27.7. The van der Waals surface area contributed by atoms with E-state index < -0.39 is 199 Å². The van der Waals surface area contributed by atoms with Crippen LogP contribution in [0.4, 0.5) is 0 Å². The maximum atomic E-state index is 13.8. The second-order valence-electron chi connectivity index (χ2n) is 26.7. The molecule has 0 radical (unpaired) electrons. The summed E-state index contributed by atoms with van der Waals surface area (Å²) in [4.78, 5) is 13.8. The molecule has 490 valence electrons. The molecule has 27 nitrogen and oxygen atoms in total. The number of hydrogen-bond donors (Lipinski definition) is 11. The van der Waals surface area contributed by atoms with Crippen LogP contribution in [0.3, 0.4) is 0 Å². The van der Waals surface area contributed by atoms with Crippen molar-refractivity contribution in [2.45, 2.75) is 285 Å². The number of Topliss-reactive ketones (excluding diaryl/α,β-unsaturated/α-hetero) is 1. The Hall–Kier alpha value is -0.600. The second kappa shape index (κ2) is 27.8. The Morgan fingerprint density at radius 3 is 1.78 bits per heavy atom. The minimum Gasteiger partial charge on any atom is -0.726 e. The SMILES string of the molecule is CO[C@@H]1[C@@H](O)[C@H](O[C@H]2[C@H](O[C@@H]3[C@@H](O)[C@H](O[C@H]4C[C@@H]5C(=CC[C@@]6(C)[C@H]5CC[C@@H]6[C@@](C)(O)C(=O)CCC(C)C)[C@@]5(C)CC[C@H](OS(=O)(=O)[O-])C[C@H]45)O[C@H](C)[C@H]3O)OC[C@@H](O[C@@H]3O[C@H](C)[C@@H](O)[C@H](O)[C@H]3O[C@@H]3O[C@H](C)[C@H](O)[C@H](O)[C@H]3O)[C@@H]2O)O[C@H](C)[C@H]1O.[Na+]. The molecule has 11 N–H and O–H groups in total. The number of methoxy groups -OCH3 is 1. The number of ether oxygens (including phenoxy) is 11. The summed E-state index contributed by atoms with van der Waals surface area (Å²) in [6.07, 6.45) is -33.6. The van der Waals surface area contributed by atoms with Crippen LogP contribution in [0.2, 0.25) is 0 Å². The van der Waals surface area contributed by atoms with Crippen molar-refractivity contribution in [2.75, 3.05) is 13.7 Å². The number of ketones is 1. The van der Waals surface area contributed by atoms with Crippen molar-refractivity contribution < 1.29 is 160 Å². The molecule has 5 aliphatic heterocycles. The first-order valence-corrected chi connectivity index (χ1v) is 31.5. The van der Waals surface area contributed by atoms with E-state index in [0.29, 0.717) is 38.5 Å². The van der Waals surface area contributed by atoms with E-state index in [-0.39, 0.29) is 78.3 Å². The molecule has 33 atom stereocenters. The summed E-state index contributed by atoms with van der Waals surface area (Å²) in [5.41, 5.74) is -1.65. The van der Waals surface area contributed by atoms with Gasteiger partial charge in [-0.15, -0.1) is 0 Å². The molecule has 5 heterocycles. The Kier molecular flexibility index (Phi) is 23.0. The largest absolute Gasteiger partial charge is 1.00 e. The van der Waals surface area contributed by atoms with Gasteiger partial charge in [0, 0.05) is 19.4 Å². The zero-order valence-electron chi connectivity index (χ0n) is 50.9. The maximum Gasteiger partial charge on any atom is 1.00 e. The van der Waals surface area contributed by atoms with E-state index in [0.717, 1.165) is 5.57 Å². The summed E-state index contributed by atoms with van der Waals surface area (Å²) in [5, 5.41) is 125. The average molecular weight is 1270 g/mol. The van der Waals surface area contributed by atoms with Gasteiger partial charge in [-0.3, -0.25) is 8.98 Å². The smallest absolute Gasteiger partial charge is 0.726 e. The van der Waals surface area contributed by atoms with Crippen molar-refractivity contribution in [3.8, 4) is 0 Å². The summed E-state index contributed by atoms with van der Waals surface area (Å²) in [6.45, 7) is 15.1. The fraction of sp³-hybridized carbons (Fsp3) is 0.947. The predicted octanol–water partition coefficient (Wildman–Crippen LogP) is -4.33. The summed E-state index contributed by atoms with van der Waals surface area (Å²) >= 11 is 0. The number of rotatable bonds is 18. The molecular formula is C57H93NaO27S. The number of fused-ring (bicyclic) bond motifs is 5. The zero-order valence-corrected chi connectivity index (χ0v) is 53.7. The van der Waals surface area contributed by atoms with Crippen LogP contribution in [0.1, 0.15) is 120 Å². The van der Waals surface area contributed by atoms with Gasteiger partial charge in [0.25, 0.3) is 0 Å². The quantitative estimate of drug-likeness (QED) is 0.0267. The molecule has 8 fully saturated rings. The van der Waals surface area contributed by atoms with Crippen LogP contribution in [0, 0.1) is 40.4 Å². The van der Waals surface area contributed by atoms with Crippen LogP contribution in [0.5, 0.6) is 0 Å². The Morgan fingerprint density at radius 2 is 1.17 bits per heavy atom. The van der Waals surface area contributed by atoms with Gasteiger partial charge in [0.1, 0.15) is 97.2 Å². The number of carbonyl (C=O) groups is 1. The van der Waals surface area contributed by atoms with Crippen LogP contribution >= 0.6 is 0 Å². The number of aliphatic hydroxyl groups is 11. The number of carbonyl (C=O) groups excluding carboxylic acids is 1. The first-order valence-electron chi connectivity index (χ1n) is 30.2. The van der Waals surface area contributed by atoms with Gasteiger partial charge >= 0.3 is 29.6 Å². The van der Waals surface area contributed by atoms with Crippen LogP contribution < -0.4 is 29.6 Å². The van der Waals surface area contributed by atoms with E-state index in [1.54, 1.807) is 6.92 Å². The van der Waals surface area contributed by atoms with Crippen molar-refractivity contribution >= 4 is 16.2 Å². The number of aliphatic hydroxyl groups excluding tert-OH is 10. The molecule has 3 saturated carbocycles. The third-order valence-electron chi connectivity index (χ3n) is 20.7. The molecule has 29 heteroatoms. The topological polar surface area (TPSA) is 408 Å². The van der Waals surface area contributed by atoms with Gasteiger partial charge in [-0.1, -0.05) is 39.3 Å². The molecule has 4 aliphatic carbocycles. The standard InChI is InChI=1S/C57H94O27S.Na/c1-22(2)11-14-35(58)57(9,69)34-13-12-29-28-20-32(31-19-27(84-85(70,71)72)15-17-55(31,7)30(28)16-18-56(29,34)8)79-51-45(68)47(39(62)26(6)76-51)81-53-48(82-52-44(67)46(73-10)38(61)25(5)77-52)40(63)33(21-74-53)80-54-49(42(65)37(60)24(4)78-54)83-50-43(66)41(64)36(59)23(3)75-50;/h16,22-29,31-34,36-54,59-69H,11-15,17-21H2,1-10H3,(H,70,71,72);/q;+1/p-1/t23-,24-,25-,26-,27+,28+,29+,31-,32+,33-,34+,36+,37-,38-,39-,40+,41+,42+,43-,44-,45-,46+,47+,48-,49-,50+,51+,52+,53+,54+,55-,56+,57-;/m1./s1. The van der Waals surface area contributed by atoms with E-state index in [1.807, 2.05) is 13.8 Å². The zero-order chi connectivity index (χ0) is 62.3. The molecule has 5 saturated heterocycles. The van der Waals surface area contributed by atoms with E-state index in [4.69, 9.17) is 56.3 Å². The van der Waals surface area contributed by atoms with E-state index in [9.17, 15) is 73.9 Å². The van der Waals surface area contributed by atoms with Gasteiger partial charge in [0.2, 0.25) is 10.4 Å². The molecule has 0 aromatic carbocycles. The summed E-state index contributed by atoms with van der Waals surface area (Å²) < 4.78 is 108. The van der Waals surface area contributed by atoms with Crippen molar-refractivity contribution in [1.29, 1.82) is 0 Å². The van der Waals surface area contributed by atoms with E-state index in [1.165, 1.54) is 34.8 Å². The monoisotopic (exact) mass is 1260 g/mol. The van der Waals surface area contributed by atoms with Crippen molar-refractivity contribution in [1.82, 2.24) is 0 Å². The van der Waals surface area contributed by atoms with Crippen LogP contribution in [-0.4, -0.2) is 254 Å². The predicted molar refractivity (Wildman–Crippen MR) is 287 cm³/mol. The maximum absolute atomic E-state index is 13.8. The summed E-state index contributed by atoms with van der Waals surface area (Å²) in [6, 6.07) is 0. The van der Waals surface area contributed by atoms with Gasteiger partial charge in [-0.2, -0.15) is 0 Å².